The molecule has 1 aromatic carbocycles. The number of benzene rings is 1. The second kappa shape index (κ2) is 8.40. The number of nitrogens with one attached hydrogen (secondary N) is 1. The Bertz CT molecular complexity index is 1340. The molecule has 164 valence electrons. The lowest BCUT2D eigenvalue weighted by atomic mass is 9.95. The first-order valence-corrected chi connectivity index (χ1v) is 10.9. The van der Waals surface area contributed by atoms with Crippen LogP contribution in [0, 0.1) is 0 Å². The number of H-pyrrole nitrogens is 1. The minimum Gasteiger partial charge on any atom is -0.459 e. The van der Waals surface area contributed by atoms with Gasteiger partial charge in [-0.05, 0) is 42.7 Å². The number of piperidine rings is 1. The summed E-state index contributed by atoms with van der Waals surface area (Å²) in [4.78, 5) is 34.4. The minimum atomic E-state index is -0.340. The summed E-state index contributed by atoms with van der Waals surface area (Å²) in [5, 5.41) is 9.12. The summed E-state index contributed by atoms with van der Waals surface area (Å²) in [6, 6.07) is 8.55. The van der Waals surface area contributed by atoms with E-state index in [0.717, 1.165) is 5.56 Å². The second-order valence-corrected chi connectivity index (χ2v) is 8.49. The normalized spacial score (nSPS) is 14.9. The molecule has 11 heteroatoms. The number of aromatic amines is 1. The fourth-order valence-electron chi connectivity index (χ4n) is 3.91. The van der Waals surface area contributed by atoms with E-state index in [1.54, 1.807) is 39.9 Å². The maximum atomic E-state index is 12.6. The number of nitrogens with zero attached hydrogens (tertiary/aromatic N) is 5. The van der Waals surface area contributed by atoms with Gasteiger partial charge in [0.05, 0.1) is 12.8 Å². The number of halogens is 2. The van der Waals surface area contributed by atoms with Crippen LogP contribution in [0.25, 0.3) is 11.2 Å². The molecule has 5 rings (SSSR count). The summed E-state index contributed by atoms with van der Waals surface area (Å²) in [7, 11) is 0. The maximum Gasteiger partial charge on any atom is 0.289 e. The highest BCUT2D eigenvalue weighted by molar-refractivity contribution is 6.35. The summed E-state index contributed by atoms with van der Waals surface area (Å²) in [6.45, 7) is 1.40. The van der Waals surface area contributed by atoms with Crippen LogP contribution in [0.4, 0.5) is 0 Å². The molecule has 1 N–H and O–H groups in total. The molecule has 1 saturated heterocycles. The second-order valence-electron chi connectivity index (χ2n) is 7.65. The molecule has 1 amide bonds. The number of fused-ring (bicyclic) bond motifs is 1. The van der Waals surface area contributed by atoms with Gasteiger partial charge in [-0.25, -0.2) is 9.67 Å². The molecule has 4 heterocycles. The summed E-state index contributed by atoms with van der Waals surface area (Å²) in [6.07, 6.45) is 2.83. The van der Waals surface area contributed by atoms with Crippen molar-refractivity contribution >= 4 is 40.3 Å². The quantitative estimate of drug-likeness (QED) is 0.486. The van der Waals surface area contributed by atoms with Crippen LogP contribution in [0.15, 0.2) is 45.8 Å². The number of hydrogen-bond donors (Lipinski definition) is 1. The Kier molecular flexibility index (Phi) is 5.44. The average molecular weight is 473 g/mol. The van der Waals surface area contributed by atoms with Gasteiger partial charge in [-0.15, -0.1) is 5.10 Å². The van der Waals surface area contributed by atoms with Gasteiger partial charge >= 0.3 is 0 Å². The minimum absolute atomic E-state index is 0.00946. The molecule has 1 fully saturated rings. The summed E-state index contributed by atoms with van der Waals surface area (Å²) in [5.74, 6) is 0.772. The third-order valence-corrected chi connectivity index (χ3v) is 6.22. The molecule has 0 bridgehead atoms. The number of likely N-dealkylation sites (tertiary alicyclic amines) is 1. The van der Waals surface area contributed by atoms with E-state index < -0.39 is 0 Å². The summed E-state index contributed by atoms with van der Waals surface area (Å²) < 4.78 is 6.76. The molecule has 4 aromatic rings. The smallest absolute Gasteiger partial charge is 0.289 e. The van der Waals surface area contributed by atoms with E-state index in [1.807, 2.05) is 0 Å². The van der Waals surface area contributed by atoms with Crippen molar-refractivity contribution in [2.45, 2.75) is 25.3 Å². The van der Waals surface area contributed by atoms with Gasteiger partial charge in [0.15, 0.2) is 16.9 Å². The zero-order valence-corrected chi connectivity index (χ0v) is 18.3. The predicted molar refractivity (Wildman–Crippen MR) is 118 cm³/mol. The monoisotopic (exact) mass is 472 g/mol. The Labute approximate surface area is 191 Å². The van der Waals surface area contributed by atoms with E-state index in [-0.39, 0.29) is 22.9 Å². The number of rotatable bonds is 4. The fourth-order valence-corrected chi connectivity index (χ4v) is 4.37. The van der Waals surface area contributed by atoms with Crippen LogP contribution in [0.5, 0.6) is 0 Å². The number of carbonyl (C=O) groups excluding carboxylic acids is 1. The first-order chi connectivity index (χ1) is 15.5. The van der Waals surface area contributed by atoms with E-state index in [1.165, 1.54) is 6.26 Å². The largest absolute Gasteiger partial charge is 0.459 e. The number of aromatic nitrogens is 5. The van der Waals surface area contributed by atoms with Crippen LogP contribution >= 0.6 is 23.2 Å². The third kappa shape index (κ3) is 3.89. The zero-order chi connectivity index (χ0) is 22.2. The highest BCUT2D eigenvalue weighted by atomic mass is 35.5. The van der Waals surface area contributed by atoms with E-state index in [0.29, 0.717) is 59.8 Å². The van der Waals surface area contributed by atoms with Gasteiger partial charge in [0, 0.05) is 29.1 Å². The van der Waals surface area contributed by atoms with Gasteiger partial charge in [0.1, 0.15) is 5.82 Å². The Morgan fingerprint density at radius 1 is 1.22 bits per heavy atom. The zero-order valence-electron chi connectivity index (χ0n) is 16.8. The standard InChI is InChI=1S/C21H18Cl2N6O3/c22-14-4-3-13(15(23)10-14)11-29-19-17(26-27-29)20(30)25-18(24-19)12-5-7-28(8-6-12)21(31)16-2-1-9-32-16/h1-4,9-10,12H,5-8,11H2,(H,24,25,30). The van der Waals surface area contributed by atoms with Crippen molar-refractivity contribution in [1.82, 2.24) is 29.9 Å². The molecule has 0 unspecified atom stereocenters. The van der Waals surface area contributed by atoms with E-state index in [2.05, 4.69) is 20.3 Å². The molecular formula is C21H18Cl2N6O3. The van der Waals surface area contributed by atoms with E-state index in [4.69, 9.17) is 27.6 Å². The molecule has 0 aliphatic carbocycles. The van der Waals surface area contributed by atoms with Gasteiger partial charge in [-0.3, -0.25) is 9.59 Å². The number of furan rings is 1. The van der Waals surface area contributed by atoms with Crippen molar-refractivity contribution in [3.8, 4) is 0 Å². The summed E-state index contributed by atoms with van der Waals surface area (Å²) in [5.41, 5.74) is 1.01. The number of amides is 1. The SMILES string of the molecule is O=C(c1ccco1)N1CCC(c2nc3c(nnn3Cc3ccc(Cl)cc3Cl)c(=O)[nH]2)CC1. The van der Waals surface area contributed by atoms with Crippen molar-refractivity contribution in [2.24, 2.45) is 0 Å². The number of carbonyl (C=O) groups is 1. The molecule has 32 heavy (non-hydrogen) atoms. The van der Waals surface area contributed by atoms with E-state index in [9.17, 15) is 9.59 Å². The predicted octanol–water partition coefficient (Wildman–Crippen LogP) is 3.48. The van der Waals surface area contributed by atoms with Gasteiger partial charge in [-0.1, -0.05) is 34.5 Å². The molecule has 3 aromatic heterocycles. The van der Waals surface area contributed by atoms with Gasteiger partial charge < -0.3 is 14.3 Å². The van der Waals surface area contributed by atoms with Gasteiger partial charge in [0.2, 0.25) is 0 Å². The van der Waals surface area contributed by atoms with Crippen LogP contribution < -0.4 is 5.56 Å². The Morgan fingerprint density at radius 2 is 2.03 bits per heavy atom. The van der Waals surface area contributed by atoms with Gasteiger partial charge in [0.25, 0.3) is 11.5 Å². The molecule has 1 aliphatic heterocycles. The van der Waals surface area contributed by atoms with Crippen molar-refractivity contribution < 1.29 is 9.21 Å². The molecule has 0 radical (unpaired) electrons. The lowest BCUT2D eigenvalue weighted by Crippen LogP contribution is -2.38. The van der Waals surface area contributed by atoms with Crippen molar-refractivity contribution in [3.05, 3.63) is 74.1 Å². The average Bonchev–Trinajstić information content (AvgIpc) is 3.46. The van der Waals surface area contributed by atoms with Crippen LogP contribution in [-0.4, -0.2) is 48.9 Å². The lowest BCUT2D eigenvalue weighted by Gasteiger charge is -2.30. The van der Waals surface area contributed by atoms with Crippen LogP contribution in [0.3, 0.4) is 0 Å². The lowest BCUT2D eigenvalue weighted by molar-refractivity contribution is 0.0679. The van der Waals surface area contributed by atoms with Crippen molar-refractivity contribution in [1.29, 1.82) is 0 Å². The Balaban J connectivity index is 1.38. The number of hydrogen-bond acceptors (Lipinski definition) is 6. The van der Waals surface area contributed by atoms with Crippen molar-refractivity contribution in [3.63, 3.8) is 0 Å². The first kappa shape index (κ1) is 20.7. The highest BCUT2D eigenvalue weighted by Crippen LogP contribution is 2.27. The molecule has 0 saturated carbocycles. The van der Waals surface area contributed by atoms with Crippen LogP contribution in [0.1, 0.15) is 40.7 Å². The fraction of sp³-hybridized carbons (Fsp3) is 0.286. The molecular weight excluding hydrogens is 455 g/mol. The van der Waals surface area contributed by atoms with Crippen molar-refractivity contribution in [2.75, 3.05) is 13.1 Å². The molecule has 0 spiro atoms. The van der Waals surface area contributed by atoms with Crippen LogP contribution in [-0.2, 0) is 6.54 Å². The Morgan fingerprint density at radius 3 is 2.75 bits per heavy atom. The van der Waals surface area contributed by atoms with Crippen LogP contribution in [0.2, 0.25) is 10.0 Å². The molecule has 0 atom stereocenters. The topological polar surface area (TPSA) is 110 Å². The van der Waals surface area contributed by atoms with Gasteiger partial charge in [-0.2, -0.15) is 0 Å². The highest BCUT2D eigenvalue weighted by Gasteiger charge is 2.28. The summed E-state index contributed by atoms with van der Waals surface area (Å²) >= 11 is 12.3. The molecule has 9 nitrogen and oxygen atoms in total. The third-order valence-electron chi connectivity index (χ3n) is 5.63. The van der Waals surface area contributed by atoms with E-state index >= 15 is 0 Å². The Hall–Kier alpha value is -3.17. The molecule has 1 aliphatic rings. The maximum absolute atomic E-state index is 12.6. The first-order valence-electron chi connectivity index (χ1n) is 10.1.